The first-order valence-corrected chi connectivity index (χ1v) is 12.0. The topological polar surface area (TPSA) is 52.6 Å². The lowest BCUT2D eigenvalue weighted by Crippen LogP contribution is -2.53. The second-order valence-corrected chi connectivity index (χ2v) is 9.61. The predicted octanol–water partition coefficient (Wildman–Crippen LogP) is 5.31. The van der Waals surface area contributed by atoms with Crippen LogP contribution in [0.3, 0.4) is 0 Å². The quantitative estimate of drug-likeness (QED) is 0.588. The Labute approximate surface area is 188 Å². The lowest BCUT2D eigenvalue weighted by atomic mass is 10.0. The number of piperazine rings is 1. The minimum atomic E-state index is 0.400. The fraction of sp³-hybridized carbons (Fsp3) is 0.360. The summed E-state index contributed by atoms with van der Waals surface area (Å²) in [6.45, 7) is 7.25. The molecule has 0 unspecified atom stereocenters. The van der Waals surface area contributed by atoms with Crippen molar-refractivity contribution in [1.29, 1.82) is 0 Å². The zero-order chi connectivity index (χ0) is 21.2. The summed E-state index contributed by atoms with van der Waals surface area (Å²) in [4.78, 5) is 12.6. The number of anilines is 2. The number of nitrogens with one attached hydrogen (secondary N) is 2. The van der Waals surface area contributed by atoms with Crippen LogP contribution in [-0.2, 0) is 6.42 Å². The molecule has 3 heterocycles. The third-order valence-corrected chi connectivity index (χ3v) is 7.18. The molecule has 5 rings (SSSR count). The number of fused-ring (bicyclic) bond motifs is 2. The minimum absolute atomic E-state index is 0.400. The second-order valence-electron chi connectivity index (χ2n) is 8.58. The molecule has 160 valence electrons. The Morgan fingerprint density at radius 1 is 1.10 bits per heavy atom. The number of benzene rings is 2. The Hall–Kier alpha value is -2.70. The SMILES string of the molecule is CC(C)c1nc2c(s1)Nc1ccccc1N=C2N1CCN[C@@H](CCc2ccccc2)C1. The molecule has 1 atom stereocenters. The normalized spacial score (nSPS) is 18.1. The van der Waals surface area contributed by atoms with Crippen molar-refractivity contribution in [3.8, 4) is 0 Å². The molecule has 1 aromatic heterocycles. The Bertz CT molecular complexity index is 1070. The highest BCUT2D eigenvalue weighted by Gasteiger charge is 2.29. The zero-order valence-electron chi connectivity index (χ0n) is 18.1. The van der Waals surface area contributed by atoms with E-state index < -0.39 is 0 Å². The number of aliphatic imine (C=N–C) groups is 1. The van der Waals surface area contributed by atoms with Crippen molar-refractivity contribution in [3.05, 3.63) is 70.9 Å². The molecule has 0 radical (unpaired) electrons. The van der Waals surface area contributed by atoms with Crippen molar-refractivity contribution in [2.45, 2.75) is 38.6 Å². The molecule has 5 nitrogen and oxygen atoms in total. The monoisotopic (exact) mass is 431 g/mol. The highest BCUT2D eigenvalue weighted by molar-refractivity contribution is 7.16. The van der Waals surface area contributed by atoms with Gasteiger partial charge in [0, 0.05) is 31.6 Å². The maximum Gasteiger partial charge on any atom is 0.158 e. The average Bonchev–Trinajstić information content (AvgIpc) is 3.15. The van der Waals surface area contributed by atoms with Gasteiger partial charge < -0.3 is 15.5 Å². The van der Waals surface area contributed by atoms with Gasteiger partial charge in [-0.05, 0) is 30.5 Å². The lowest BCUT2D eigenvalue weighted by Gasteiger charge is -2.35. The molecule has 31 heavy (non-hydrogen) atoms. The summed E-state index contributed by atoms with van der Waals surface area (Å²) >= 11 is 1.75. The van der Waals surface area contributed by atoms with E-state index in [1.54, 1.807) is 11.3 Å². The van der Waals surface area contributed by atoms with Crippen LogP contribution in [0, 0.1) is 0 Å². The van der Waals surface area contributed by atoms with Crippen LogP contribution in [0.1, 0.15) is 42.5 Å². The van der Waals surface area contributed by atoms with Crippen LogP contribution in [0.25, 0.3) is 0 Å². The number of thiazole rings is 1. The van der Waals surface area contributed by atoms with Crippen molar-refractivity contribution in [3.63, 3.8) is 0 Å². The van der Waals surface area contributed by atoms with Gasteiger partial charge in [-0.15, -0.1) is 11.3 Å². The third-order valence-electron chi connectivity index (χ3n) is 5.91. The van der Waals surface area contributed by atoms with Crippen LogP contribution in [0.5, 0.6) is 0 Å². The summed E-state index contributed by atoms with van der Waals surface area (Å²) in [5, 5.41) is 9.57. The van der Waals surface area contributed by atoms with Crippen molar-refractivity contribution < 1.29 is 0 Å². The van der Waals surface area contributed by atoms with Gasteiger partial charge in [0.05, 0.1) is 16.4 Å². The first-order chi connectivity index (χ1) is 15.2. The molecule has 0 bridgehead atoms. The molecule has 2 N–H and O–H groups in total. The first-order valence-electron chi connectivity index (χ1n) is 11.2. The molecular formula is C25H29N5S. The van der Waals surface area contributed by atoms with Gasteiger partial charge in [-0.1, -0.05) is 56.3 Å². The van der Waals surface area contributed by atoms with E-state index in [1.807, 2.05) is 0 Å². The number of hydrogen-bond acceptors (Lipinski definition) is 6. The number of nitrogens with zero attached hydrogens (tertiary/aromatic N) is 3. The Morgan fingerprint density at radius 3 is 2.74 bits per heavy atom. The maximum atomic E-state index is 5.13. The highest BCUT2D eigenvalue weighted by Crippen LogP contribution is 2.39. The molecule has 2 aromatic carbocycles. The van der Waals surface area contributed by atoms with E-state index >= 15 is 0 Å². The molecule has 2 aliphatic rings. The van der Waals surface area contributed by atoms with Gasteiger partial charge in [0.2, 0.25) is 0 Å². The maximum absolute atomic E-state index is 5.13. The minimum Gasteiger partial charge on any atom is -0.352 e. The van der Waals surface area contributed by atoms with E-state index in [-0.39, 0.29) is 0 Å². The molecule has 0 amide bonds. The van der Waals surface area contributed by atoms with E-state index in [1.165, 1.54) is 5.56 Å². The smallest absolute Gasteiger partial charge is 0.158 e. The number of rotatable bonds is 4. The largest absolute Gasteiger partial charge is 0.352 e. The summed E-state index contributed by atoms with van der Waals surface area (Å²) < 4.78 is 0. The van der Waals surface area contributed by atoms with Gasteiger partial charge >= 0.3 is 0 Å². The molecule has 0 aliphatic carbocycles. The molecule has 0 saturated carbocycles. The zero-order valence-corrected chi connectivity index (χ0v) is 19.0. The number of aromatic nitrogens is 1. The van der Waals surface area contributed by atoms with Crippen molar-refractivity contribution >= 4 is 33.5 Å². The number of hydrogen-bond donors (Lipinski definition) is 2. The molecule has 3 aromatic rings. The molecule has 2 aliphatic heterocycles. The van der Waals surface area contributed by atoms with Gasteiger partial charge in [0.15, 0.2) is 5.84 Å². The van der Waals surface area contributed by atoms with Gasteiger partial charge in [-0.3, -0.25) is 0 Å². The first kappa shape index (κ1) is 20.2. The van der Waals surface area contributed by atoms with Gasteiger partial charge in [-0.25, -0.2) is 9.98 Å². The average molecular weight is 432 g/mol. The van der Waals surface area contributed by atoms with E-state index in [4.69, 9.17) is 9.98 Å². The summed E-state index contributed by atoms with van der Waals surface area (Å²) in [7, 11) is 0. The second kappa shape index (κ2) is 8.81. The van der Waals surface area contributed by atoms with Gasteiger partial charge in [0.1, 0.15) is 10.7 Å². The summed E-state index contributed by atoms with van der Waals surface area (Å²) in [6.07, 6.45) is 2.20. The molecule has 6 heteroatoms. The van der Waals surface area contributed by atoms with Crippen LogP contribution in [0.4, 0.5) is 16.4 Å². The van der Waals surface area contributed by atoms with E-state index in [0.717, 1.165) is 65.4 Å². The summed E-state index contributed by atoms with van der Waals surface area (Å²) in [5.74, 6) is 1.40. The van der Waals surface area contributed by atoms with E-state index in [9.17, 15) is 0 Å². The van der Waals surface area contributed by atoms with Crippen molar-refractivity contribution in [1.82, 2.24) is 15.2 Å². The van der Waals surface area contributed by atoms with E-state index in [0.29, 0.717) is 12.0 Å². The fourth-order valence-electron chi connectivity index (χ4n) is 4.20. The Morgan fingerprint density at radius 2 is 1.90 bits per heavy atom. The molecule has 1 fully saturated rings. The number of amidine groups is 1. The van der Waals surface area contributed by atoms with Crippen LogP contribution in [0.2, 0.25) is 0 Å². The van der Waals surface area contributed by atoms with Gasteiger partial charge in [-0.2, -0.15) is 0 Å². The third kappa shape index (κ3) is 4.36. The summed E-state index contributed by atoms with van der Waals surface area (Å²) in [5.41, 5.74) is 4.42. The standard InChI is InChI=1S/C25H29N5S/c1-17(2)24-29-22-23(27-20-10-6-7-11-21(20)28-25(22)31-24)30-15-14-26-19(16-30)13-12-18-8-4-3-5-9-18/h3-11,17,19,26,28H,12-16H2,1-2H3/t19-/m0/s1. The lowest BCUT2D eigenvalue weighted by molar-refractivity contribution is 0.282. The van der Waals surface area contributed by atoms with E-state index in [2.05, 4.69) is 84.0 Å². The van der Waals surface area contributed by atoms with Crippen LogP contribution >= 0.6 is 11.3 Å². The van der Waals surface area contributed by atoms with Crippen LogP contribution < -0.4 is 10.6 Å². The highest BCUT2D eigenvalue weighted by atomic mass is 32.1. The van der Waals surface area contributed by atoms with Crippen molar-refractivity contribution in [2.24, 2.45) is 4.99 Å². The van der Waals surface area contributed by atoms with Crippen molar-refractivity contribution in [2.75, 3.05) is 25.0 Å². The van der Waals surface area contributed by atoms with Gasteiger partial charge in [0.25, 0.3) is 0 Å². The van der Waals surface area contributed by atoms with Crippen LogP contribution in [0.15, 0.2) is 59.6 Å². The number of aryl methyl sites for hydroxylation is 1. The molecule has 1 saturated heterocycles. The Balaban J connectivity index is 1.42. The summed E-state index contributed by atoms with van der Waals surface area (Å²) in [6, 6.07) is 19.5. The fourth-order valence-corrected chi connectivity index (χ4v) is 5.18. The molecule has 0 spiro atoms. The molecular weight excluding hydrogens is 402 g/mol. The predicted molar refractivity (Wildman–Crippen MR) is 130 cm³/mol. The van der Waals surface area contributed by atoms with Crippen LogP contribution in [-0.4, -0.2) is 41.4 Å². The number of para-hydroxylation sites is 2. The Kier molecular flexibility index (Phi) is 5.74.